The molecule has 1 N–H and O–H groups in total. The van der Waals surface area contributed by atoms with Gasteiger partial charge in [0.1, 0.15) is 0 Å². The molecule has 0 spiro atoms. The van der Waals surface area contributed by atoms with Crippen LogP contribution in [-0.4, -0.2) is 40.2 Å². The van der Waals surface area contributed by atoms with E-state index in [1.54, 1.807) is 10.6 Å². The standard InChI is InChI=1S/C24H25N3O5S/c1-15(22(28)25-12-16-8-9-20-21(11-16)32-14-31-20)33-24-26-19-7-3-2-6-18(19)23(29)27(24)13-17-5-4-10-30-17/h2-3,6-9,11,15,17H,4-5,10,12-14H2,1H3,(H,25,28)/t15-,17+/m1/s1. The van der Waals surface area contributed by atoms with Crippen molar-refractivity contribution in [1.82, 2.24) is 14.9 Å². The van der Waals surface area contributed by atoms with Crippen LogP contribution in [0.3, 0.4) is 0 Å². The van der Waals surface area contributed by atoms with E-state index >= 15 is 0 Å². The van der Waals surface area contributed by atoms with Crippen molar-refractivity contribution in [3.63, 3.8) is 0 Å². The second-order valence-corrected chi connectivity index (χ2v) is 9.44. The van der Waals surface area contributed by atoms with Gasteiger partial charge in [0.25, 0.3) is 5.56 Å². The van der Waals surface area contributed by atoms with Gasteiger partial charge in [-0.05, 0) is 49.6 Å². The molecular weight excluding hydrogens is 442 g/mol. The first kappa shape index (κ1) is 21.8. The van der Waals surface area contributed by atoms with Crippen molar-refractivity contribution in [3.05, 3.63) is 58.4 Å². The molecule has 0 aliphatic carbocycles. The van der Waals surface area contributed by atoms with Gasteiger partial charge in [0, 0.05) is 13.2 Å². The van der Waals surface area contributed by atoms with E-state index in [1.165, 1.54) is 11.8 Å². The summed E-state index contributed by atoms with van der Waals surface area (Å²) in [7, 11) is 0. The van der Waals surface area contributed by atoms with E-state index in [-0.39, 0.29) is 24.4 Å². The van der Waals surface area contributed by atoms with Crippen molar-refractivity contribution in [3.8, 4) is 11.5 Å². The summed E-state index contributed by atoms with van der Waals surface area (Å²) in [5.74, 6) is 1.26. The van der Waals surface area contributed by atoms with Crippen LogP contribution in [0.1, 0.15) is 25.3 Å². The number of hydrogen-bond acceptors (Lipinski definition) is 7. The van der Waals surface area contributed by atoms with Crippen LogP contribution in [-0.2, 0) is 22.6 Å². The number of ether oxygens (including phenoxy) is 3. The van der Waals surface area contributed by atoms with Crippen LogP contribution >= 0.6 is 11.8 Å². The van der Waals surface area contributed by atoms with Gasteiger partial charge in [-0.25, -0.2) is 4.98 Å². The topological polar surface area (TPSA) is 91.7 Å². The second kappa shape index (κ2) is 9.44. The Morgan fingerprint density at radius 2 is 2.09 bits per heavy atom. The number of carbonyl (C=O) groups excluding carboxylic acids is 1. The van der Waals surface area contributed by atoms with Crippen LogP contribution in [0.4, 0.5) is 0 Å². The highest BCUT2D eigenvalue weighted by molar-refractivity contribution is 8.00. The molecule has 1 amide bonds. The number of nitrogens with one attached hydrogen (secondary N) is 1. The van der Waals surface area contributed by atoms with Gasteiger partial charge in [-0.1, -0.05) is 30.0 Å². The molecule has 0 bridgehead atoms. The molecule has 9 heteroatoms. The first-order valence-corrected chi connectivity index (χ1v) is 11.9. The van der Waals surface area contributed by atoms with E-state index in [9.17, 15) is 9.59 Å². The summed E-state index contributed by atoms with van der Waals surface area (Å²) in [6, 6.07) is 12.9. The van der Waals surface area contributed by atoms with Crippen molar-refractivity contribution in [1.29, 1.82) is 0 Å². The van der Waals surface area contributed by atoms with E-state index in [1.807, 2.05) is 43.3 Å². The number of carbonyl (C=O) groups is 1. The molecule has 0 unspecified atom stereocenters. The minimum atomic E-state index is -0.442. The van der Waals surface area contributed by atoms with Gasteiger partial charge in [0.05, 0.1) is 28.8 Å². The van der Waals surface area contributed by atoms with Crippen molar-refractivity contribution >= 4 is 28.6 Å². The lowest BCUT2D eigenvalue weighted by Crippen LogP contribution is -2.33. The van der Waals surface area contributed by atoms with E-state index in [0.717, 1.165) is 18.4 Å². The van der Waals surface area contributed by atoms with Crippen molar-refractivity contribution in [2.45, 2.75) is 49.4 Å². The third-order valence-corrected chi connectivity index (χ3v) is 6.88. The summed E-state index contributed by atoms with van der Waals surface area (Å²) < 4.78 is 18.1. The SMILES string of the molecule is C[C@@H](Sc1nc2ccccc2c(=O)n1C[C@@H]1CCCO1)C(=O)NCc1ccc2c(c1)OCO2. The number of rotatable bonds is 7. The van der Waals surface area contributed by atoms with Crippen molar-refractivity contribution in [2.75, 3.05) is 13.4 Å². The maximum absolute atomic E-state index is 13.2. The fourth-order valence-electron chi connectivity index (χ4n) is 3.99. The highest BCUT2D eigenvalue weighted by atomic mass is 32.2. The van der Waals surface area contributed by atoms with E-state index in [0.29, 0.717) is 47.3 Å². The fraction of sp³-hybridized carbons (Fsp3) is 0.375. The Morgan fingerprint density at radius 1 is 1.24 bits per heavy atom. The number of nitrogens with zero attached hydrogens (tertiary/aromatic N) is 2. The molecule has 5 rings (SSSR count). The first-order valence-electron chi connectivity index (χ1n) is 11.0. The van der Waals surface area contributed by atoms with Gasteiger partial charge in [0.2, 0.25) is 12.7 Å². The van der Waals surface area contributed by atoms with Gasteiger partial charge >= 0.3 is 0 Å². The summed E-state index contributed by atoms with van der Waals surface area (Å²) in [6.45, 7) is 3.54. The van der Waals surface area contributed by atoms with E-state index < -0.39 is 5.25 Å². The third-order valence-electron chi connectivity index (χ3n) is 5.79. The molecule has 2 aliphatic heterocycles. The van der Waals surface area contributed by atoms with Gasteiger partial charge in [-0.15, -0.1) is 0 Å². The molecule has 1 aromatic heterocycles. The van der Waals surface area contributed by atoms with Crippen molar-refractivity contribution < 1.29 is 19.0 Å². The second-order valence-electron chi connectivity index (χ2n) is 8.13. The number of benzene rings is 2. The number of thioether (sulfide) groups is 1. The number of fused-ring (bicyclic) bond motifs is 2. The van der Waals surface area contributed by atoms with Gasteiger partial charge in [0.15, 0.2) is 16.7 Å². The zero-order valence-corrected chi connectivity index (χ0v) is 19.1. The minimum Gasteiger partial charge on any atom is -0.454 e. The van der Waals surface area contributed by atoms with Gasteiger partial charge in [-0.2, -0.15) is 0 Å². The third kappa shape index (κ3) is 4.69. The summed E-state index contributed by atoms with van der Waals surface area (Å²) in [4.78, 5) is 30.8. The van der Waals surface area contributed by atoms with Crippen LogP contribution in [0.15, 0.2) is 52.4 Å². The molecule has 3 aromatic rings. The number of aromatic nitrogens is 2. The number of hydrogen-bond donors (Lipinski definition) is 1. The fourth-order valence-corrected chi connectivity index (χ4v) is 4.93. The Morgan fingerprint density at radius 3 is 2.94 bits per heavy atom. The number of para-hydroxylation sites is 1. The molecule has 0 radical (unpaired) electrons. The lowest BCUT2D eigenvalue weighted by Gasteiger charge is -2.18. The Bertz CT molecular complexity index is 1240. The Labute approximate surface area is 195 Å². The maximum Gasteiger partial charge on any atom is 0.262 e. The Balaban J connectivity index is 1.32. The molecular formula is C24H25N3O5S. The summed E-state index contributed by atoms with van der Waals surface area (Å²) in [5, 5.41) is 3.61. The molecule has 1 saturated heterocycles. The summed E-state index contributed by atoms with van der Waals surface area (Å²) >= 11 is 1.29. The largest absolute Gasteiger partial charge is 0.454 e. The lowest BCUT2D eigenvalue weighted by atomic mass is 10.2. The van der Waals surface area contributed by atoms with Crippen LogP contribution in [0, 0.1) is 0 Å². The molecule has 33 heavy (non-hydrogen) atoms. The summed E-state index contributed by atoms with van der Waals surface area (Å²) in [6.07, 6.45) is 1.89. The molecule has 8 nitrogen and oxygen atoms in total. The predicted octanol–water partition coefficient (Wildman–Crippen LogP) is 3.10. The average molecular weight is 468 g/mol. The van der Waals surface area contributed by atoms with Crippen LogP contribution in [0.2, 0.25) is 0 Å². The first-order chi connectivity index (χ1) is 16.1. The molecule has 2 aromatic carbocycles. The quantitative estimate of drug-likeness (QED) is 0.422. The van der Waals surface area contributed by atoms with Gasteiger partial charge < -0.3 is 19.5 Å². The average Bonchev–Trinajstić information content (AvgIpc) is 3.51. The molecule has 3 heterocycles. The summed E-state index contributed by atoms with van der Waals surface area (Å²) in [5.41, 5.74) is 1.44. The lowest BCUT2D eigenvalue weighted by molar-refractivity contribution is -0.120. The number of amides is 1. The minimum absolute atomic E-state index is 0.0137. The molecule has 1 fully saturated rings. The zero-order valence-electron chi connectivity index (χ0n) is 18.3. The molecule has 0 saturated carbocycles. The zero-order chi connectivity index (χ0) is 22.8. The highest BCUT2D eigenvalue weighted by Gasteiger charge is 2.23. The smallest absolute Gasteiger partial charge is 0.262 e. The molecule has 172 valence electrons. The molecule has 2 atom stereocenters. The van der Waals surface area contributed by atoms with Gasteiger partial charge in [-0.3, -0.25) is 14.2 Å². The van der Waals surface area contributed by atoms with Crippen LogP contribution in [0.5, 0.6) is 11.5 Å². The Hall–Kier alpha value is -3.04. The predicted molar refractivity (Wildman–Crippen MR) is 125 cm³/mol. The van der Waals surface area contributed by atoms with E-state index in [4.69, 9.17) is 19.2 Å². The Kier molecular flexibility index (Phi) is 6.24. The maximum atomic E-state index is 13.2. The van der Waals surface area contributed by atoms with Crippen LogP contribution in [0.25, 0.3) is 10.9 Å². The van der Waals surface area contributed by atoms with E-state index in [2.05, 4.69) is 5.32 Å². The monoisotopic (exact) mass is 467 g/mol. The normalized spacial score (nSPS) is 17.9. The molecule has 2 aliphatic rings. The highest BCUT2D eigenvalue weighted by Crippen LogP contribution is 2.32. The van der Waals surface area contributed by atoms with Crippen LogP contribution < -0.4 is 20.3 Å². The van der Waals surface area contributed by atoms with Crippen molar-refractivity contribution in [2.24, 2.45) is 0 Å².